The van der Waals surface area contributed by atoms with Gasteiger partial charge in [0.05, 0.1) is 0 Å². The van der Waals surface area contributed by atoms with E-state index >= 15 is 0 Å². The predicted octanol–water partition coefficient (Wildman–Crippen LogP) is 2.22. The second kappa shape index (κ2) is 8.68. The smallest absolute Gasteiger partial charge is 0.266 e. The molecule has 0 unspecified atom stereocenters. The van der Waals surface area contributed by atoms with E-state index in [4.69, 9.17) is 0 Å². The normalized spacial score (nSPS) is 19.6. The molecule has 25 heavy (non-hydrogen) atoms. The van der Waals surface area contributed by atoms with Gasteiger partial charge in [0.2, 0.25) is 0 Å². The molecule has 1 aromatic carbocycles. The van der Waals surface area contributed by atoms with Crippen LogP contribution in [0.25, 0.3) is 0 Å². The highest BCUT2D eigenvalue weighted by molar-refractivity contribution is 5.97. The van der Waals surface area contributed by atoms with Gasteiger partial charge in [-0.1, -0.05) is 30.3 Å². The fourth-order valence-electron chi connectivity index (χ4n) is 3.47. The summed E-state index contributed by atoms with van der Waals surface area (Å²) in [6, 6.07) is 12.6. The summed E-state index contributed by atoms with van der Waals surface area (Å²) in [7, 11) is 0. The first-order chi connectivity index (χ1) is 12.3. The molecule has 0 aliphatic carbocycles. The summed E-state index contributed by atoms with van der Waals surface area (Å²) in [4.78, 5) is 18.9. The van der Waals surface area contributed by atoms with Crippen molar-refractivity contribution < 1.29 is 4.79 Å². The van der Waals surface area contributed by atoms with E-state index in [1.165, 1.54) is 12.0 Å². The van der Waals surface area contributed by atoms with Crippen LogP contribution in [-0.4, -0.2) is 59.9 Å². The van der Waals surface area contributed by atoms with Crippen LogP contribution in [0.5, 0.6) is 0 Å². The van der Waals surface area contributed by atoms with Crippen LogP contribution in [0.1, 0.15) is 24.8 Å². The van der Waals surface area contributed by atoms with Crippen LogP contribution >= 0.6 is 0 Å². The van der Waals surface area contributed by atoms with Crippen molar-refractivity contribution in [3.05, 3.63) is 47.7 Å². The summed E-state index contributed by atoms with van der Waals surface area (Å²) in [6.45, 7) is 6.11. The van der Waals surface area contributed by atoms with Crippen molar-refractivity contribution in [2.75, 3.05) is 39.3 Å². The van der Waals surface area contributed by atoms with Gasteiger partial charge in [-0.05, 0) is 24.8 Å². The van der Waals surface area contributed by atoms with Crippen LogP contribution in [0.4, 0.5) is 0 Å². The van der Waals surface area contributed by atoms with E-state index < -0.39 is 0 Å². The number of carbonyl (C=O) groups excluding carboxylic acids is 1. The fraction of sp³-hybridized carbons (Fsp3) is 0.500. The Labute approximate surface area is 150 Å². The van der Waals surface area contributed by atoms with Gasteiger partial charge in [-0.2, -0.15) is 5.26 Å². The third kappa shape index (κ3) is 4.83. The van der Waals surface area contributed by atoms with Gasteiger partial charge < -0.3 is 9.80 Å². The lowest BCUT2D eigenvalue weighted by Crippen LogP contribution is -2.44. The summed E-state index contributed by atoms with van der Waals surface area (Å²) in [5, 5.41) is 9.40. The number of rotatable bonds is 4. The van der Waals surface area contributed by atoms with Gasteiger partial charge in [0.15, 0.2) is 0 Å². The molecule has 2 aliphatic rings. The molecule has 1 aromatic rings. The van der Waals surface area contributed by atoms with Crippen LogP contribution in [0.2, 0.25) is 0 Å². The minimum absolute atomic E-state index is 0.103. The van der Waals surface area contributed by atoms with Gasteiger partial charge in [0.25, 0.3) is 5.91 Å². The summed E-state index contributed by atoms with van der Waals surface area (Å²) in [5.41, 5.74) is 1.60. The zero-order valence-electron chi connectivity index (χ0n) is 14.7. The third-order valence-corrected chi connectivity index (χ3v) is 4.96. The van der Waals surface area contributed by atoms with E-state index in [1.807, 2.05) is 11.0 Å². The zero-order chi connectivity index (χ0) is 17.5. The van der Waals surface area contributed by atoms with Crippen LogP contribution in [0.15, 0.2) is 42.1 Å². The van der Waals surface area contributed by atoms with Crippen molar-refractivity contribution in [2.24, 2.45) is 0 Å². The van der Waals surface area contributed by atoms with Gasteiger partial charge in [0.1, 0.15) is 11.6 Å². The van der Waals surface area contributed by atoms with E-state index in [9.17, 15) is 10.1 Å². The number of nitriles is 1. The van der Waals surface area contributed by atoms with Crippen LogP contribution in [0, 0.1) is 11.3 Å². The van der Waals surface area contributed by atoms with Crippen molar-refractivity contribution in [2.45, 2.75) is 25.8 Å². The first-order valence-electron chi connectivity index (χ1n) is 9.18. The molecular weight excluding hydrogens is 312 g/mol. The van der Waals surface area contributed by atoms with Crippen LogP contribution in [0.3, 0.4) is 0 Å². The van der Waals surface area contributed by atoms with E-state index in [0.29, 0.717) is 0 Å². The average molecular weight is 338 g/mol. The minimum Gasteiger partial charge on any atom is -0.374 e. The van der Waals surface area contributed by atoms with Gasteiger partial charge in [-0.25, -0.2) is 0 Å². The second-order valence-electron chi connectivity index (χ2n) is 6.81. The van der Waals surface area contributed by atoms with Gasteiger partial charge in [-0.15, -0.1) is 0 Å². The Balaban J connectivity index is 1.53. The maximum atomic E-state index is 12.5. The topological polar surface area (TPSA) is 50.6 Å². The van der Waals surface area contributed by atoms with E-state index in [1.54, 1.807) is 6.20 Å². The summed E-state index contributed by atoms with van der Waals surface area (Å²) in [6.07, 6.45) is 5.04. The number of carbonyl (C=O) groups is 1. The standard InChI is InChI=1S/C20H26N4O/c21-15-19(20(25)24-9-5-2-6-10-24)17-23-13-11-22(12-14-23)16-18-7-3-1-4-8-18/h1,3-4,7-8,17H,2,5-6,9-14,16H2/b19-17-. The van der Waals surface area contributed by atoms with Crippen molar-refractivity contribution in [3.63, 3.8) is 0 Å². The highest BCUT2D eigenvalue weighted by Crippen LogP contribution is 2.14. The number of hydrogen-bond acceptors (Lipinski definition) is 4. The molecule has 2 fully saturated rings. The van der Waals surface area contributed by atoms with Gasteiger partial charge in [-0.3, -0.25) is 9.69 Å². The first kappa shape index (κ1) is 17.5. The summed E-state index contributed by atoms with van der Waals surface area (Å²) in [5.74, 6) is -0.103. The lowest BCUT2D eigenvalue weighted by Gasteiger charge is -2.34. The van der Waals surface area contributed by atoms with Crippen LogP contribution in [-0.2, 0) is 11.3 Å². The molecule has 132 valence electrons. The molecule has 5 nitrogen and oxygen atoms in total. The van der Waals surface area contributed by atoms with Crippen molar-refractivity contribution in [3.8, 4) is 6.07 Å². The predicted molar refractivity (Wildman–Crippen MR) is 97.4 cm³/mol. The Bertz CT molecular complexity index is 635. The maximum Gasteiger partial charge on any atom is 0.266 e. The monoisotopic (exact) mass is 338 g/mol. The summed E-state index contributed by atoms with van der Waals surface area (Å²) >= 11 is 0. The fourth-order valence-corrected chi connectivity index (χ4v) is 3.47. The first-order valence-corrected chi connectivity index (χ1v) is 9.18. The number of piperazine rings is 1. The molecule has 2 aliphatic heterocycles. The molecule has 0 saturated carbocycles. The van der Waals surface area contributed by atoms with Gasteiger partial charge >= 0.3 is 0 Å². The number of hydrogen-bond donors (Lipinski definition) is 0. The van der Waals surface area contributed by atoms with E-state index in [0.717, 1.165) is 58.7 Å². The molecule has 2 saturated heterocycles. The third-order valence-electron chi connectivity index (χ3n) is 4.96. The van der Waals surface area contributed by atoms with Gasteiger partial charge in [0, 0.05) is 52.0 Å². The SMILES string of the molecule is N#C/C(=C/N1CCN(Cc2ccccc2)CC1)C(=O)N1CCCCC1. The van der Waals surface area contributed by atoms with Crippen molar-refractivity contribution in [1.82, 2.24) is 14.7 Å². The molecule has 2 heterocycles. The molecular formula is C20H26N4O. The lowest BCUT2D eigenvalue weighted by molar-refractivity contribution is -0.127. The Morgan fingerprint density at radius 2 is 1.68 bits per heavy atom. The molecule has 0 radical (unpaired) electrons. The Morgan fingerprint density at radius 3 is 2.32 bits per heavy atom. The molecule has 0 spiro atoms. The Kier molecular flexibility index (Phi) is 6.08. The molecule has 3 rings (SSSR count). The highest BCUT2D eigenvalue weighted by atomic mass is 16.2. The molecule has 0 aromatic heterocycles. The largest absolute Gasteiger partial charge is 0.374 e. The number of nitrogens with zero attached hydrogens (tertiary/aromatic N) is 4. The van der Waals surface area contributed by atoms with E-state index in [2.05, 4.69) is 40.1 Å². The molecule has 5 heteroatoms. The zero-order valence-corrected chi connectivity index (χ0v) is 14.7. The Hall–Kier alpha value is -2.32. The molecule has 0 atom stereocenters. The van der Waals surface area contributed by atoms with Crippen molar-refractivity contribution >= 4 is 5.91 Å². The molecule has 0 N–H and O–H groups in total. The quantitative estimate of drug-likeness (QED) is 0.624. The highest BCUT2D eigenvalue weighted by Gasteiger charge is 2.22. The number of piperidine rings is 1. The summed E-state index contributed by atoms with van der Waals surface area (Å²) < 4.78 is 0. The van der Waals surface area contributed by atoms with E-state index in [-0.39, 0.29) is 11.5 Å². The molecule has 0 bridgehead atoms. The lowest BCUT2D eigenvalue weighted by atomic mass is 10.1. The number of likely N-dealkylation sites (tertiary alicyclic amines) is 1. The number of benzene rings is 1. The number of amides is 1. The second-order valence-corrected chi connectivity index (χ2v) is 6.81. The molecule has 1 amide bonds. The Morgan fingerprint density at radius 1 is 1.00 bits per heavy atom. The minimum atomic E-state index is -0.103. The van der Waals surface area contributed by atoms with Crippen LogP contribution < -0.4 is 0 Å². The average Bonchev–Trinajstić information content (AvgIpc) is 2.68. The van der Waals surface area contributed by atoms with Crippen molar-refractivity contribution in [1.29, 1.82) is 5.26 Å². The maximum absolute atomic E-state index is 12.5.